The third-order valence-corrected chi connectivity index (χ3v) is 6.34. The summed E-state index contributed by atoms with van der Waals surface area (Å²) in [5, 5.41) is 11.5. The zero-order chi connectivity index (χ0) is 21.6. The molecule has 0 spiro atoms. The van der Waals surface area contributed by atoms with Crippen molar-refractivity contribution in [3.63, 3.8) is 0 Å². The van der Waals surface area contributed by atoms with Gasteiger partial charge in [-0.15, -0.1) is 11.8 Å². The second kappa shape index (κ2) is 7.43. The van der Waals surface area contributed by atoms with Crippen LogP contribution in [0, 0.1) is 0 Å². The van der Waals surface area contributed by atoms with Gasteiger partial charge in [0.1, 0.15) is 23.2 Å². The summed E-state index contributed by atoms with van der Waals surface area (Å²) < 4.78 is 42.1. The van der Waals surface area contributed by atoms with Gasteiger partial charge in [0.15, 0.2) is 0 Å². The van der Waals surface area contributed by atoms with Crippen LogP contribution in [0.15, 0.2) is 24.3 Å². The van der Waals surface area contributed by atoms with Crippen LogP contribution in [0.5, 0.6) is 5.75 Å². The molecule has 29 heavy (non-hydrogen) atoms. The van der Waals surface area contributed by atoms with Crippen LogP contribution in [0.4, 0.5) is 13.2 Å². The van der Waals surface area contributed by atoms with Gasteiger partial charge in [-0.1, -0.05) is 0 Å². The number of nitrogens with one attached hydrogen (secondary N) is 1. The summed E-state index contributed by atoms with van der Waals surface area (Å²) in [6.45, 7) is 3.39. The summed E-state index contributed by atoms with van der Waals surface area (Å²) in [4.78, 5) is 37.1. The Kier molecular flexibility index (Phi) is 5.46. The van der Waals surface area contributed by atoms with Gasteiger partial charge in [-0.2, -0.15) is 13.2 Å². The first-order valence-electron chi connectivity index (χ1n) is 8.74. The number of nitrogens with zero attached hydrogens (tertiary/aromatic N) is 1. The second-order valence-corrected chi connectivity index (χ2v) is 9.03. The maximum atomic E-state index is 12.5. The van der Waals surface area contributed by atoms with E-state index in [-0.39, 0.29) is 18.8 Å². The molecule has 2 unspecified atom stereocenters. The molecule has 2 aliphatic heterocycles. The highest BCUT2D eigenvalue weighted by Crippen LogP contribution is 2.50. The minimum Gasteiger partial charge on any atom is -0.493 e. The first-order chi connectivity index (χ1) is 13.4. The SMILES string of the molecule is CC1(C)S[C@@H]2C(NC(=O)CCOc3ccc(C(F)(F)F)cc3)C(=O)N2C1C(=O)O. The number of amides is 2. The molecule has 1 aromatic rings. The molecule has 7 nitrogen and oxygen atoms in total. The number of alkyl halides is 3. The number of halogens is 3. The number of ether oxygens (including phenoxy) is 1. The van der Waals surface area contributed by atoms with Crippen LogP contribution in [0.2, 0.25) is 0 Å². The molecule has 2 heterocycles. The van der Waals surface area contributed by atoms with Gasteiger partial charge >= 0.3 is 12.1 Å². The molecule has 0 aliphatic carbocycles. The van der Waals surface area contributed by atoms with Crippen LogP contribution in [0.25, 0.3) is 0 Å². The Morgan fingerprint density at radius 1 is 1.28 bits per heavy atom. The number of rotatable bonds is 6. The number of hydrogen-bond donors (Lipinski definition) is 2. The van der Waals surface area contributed by atoms with E-state index in [0.29, 0.717) is 0 Å². The van der Waals surface area contributed by atoms with Gasteiger partial charge in [0.05, 0.1) is 18.6 Å². The monoisotopic (exact) mass is 432 g/mol. The minimum atomic E-state index is -4.44. The Morgan fingerprint density at radius 3 is 2.45 bits per heavy atom. The summed E-state index contributed by atoms with van der Waals surface area (Å²) >= 11 is 1.32. The highest BCUT2D eigenvalue weighted by Gasteiger charge is 2.64. The number of carbonyl (C=O) groups is 3. The molecule has 2 aliphatic rings. The molecule has 2 amide bonds. The summed E-state index contributed by atoms with van der Waals surface area (Å²) in [5.41, 5.74) is -0.799. The predicted molar refractivity (Wildman–Crippen MR) is 97.2 cm³/mol. The van der Waals surface area contributed by atoms with E-state index in [9.17, 15) is 32.7 Å². The number of fused-ring (bicyclic) bond motifs is 1. The van der Waals surface area contributed by atoms with Crippen LogP contribution in [-0.4, -0.2) is 56.6 Å². The molecule has 2 saturated heterocycles. The van der Waals surface area contributed by atoms with Crippen molar-refractivity contribution >= 4 is 29.5 Å². The molecule has 0 saturated carbocycles. The third-order valence-electron chi connectivity index (χ3n) is 4.77. The number of carboxylic acids is 1. The van der Waals surface area contributed by atoms with Gasteiger partial charge < -0.3 is 20.1 Å². The van der Waals surface area contributed by atoms with E-state index < -0.39 is 51.7 Å². The molecule has 0 bridgehead atoms. The van der Waals surface area contributed by atoms with E-state index in [2.05, 4.69) is 5.32 Å². The van der Waals surface area contributed by atoms with E-state index in [1.165, 1.54) is 16.7 Å². The number of β-lactam (4-membered cyclic amide) rings is 1. The summed E-state index contributed by atoms with van der Waals surface area (Å²) in [6, 6.07) is 2.34. The van der Waals surface area contributed by atoms with Crippen molar-refractivity contribution in [1.29, 1.82) is 0 Å². The Hall–Kier alpha value is -2.43. The molecule has 158 valence electrons. The number of carbonyl (C=O) groups excluding carboxylic acids is 2. The van der Waals surface area contributed by atoms with Crippen LogP contribution in [0.1, 0.15) is 25.8 Å². The normalized spacial score (nSPS) is 25.2. The van der Waals surface area contributed by atoms with Crippen molar-refractivity contribution < 1.29 is 37.4 Å². The highest BCUT2D eigenvalue weighted by molar-refractivity contribution is 8.01. The van der Waals surface area contributed by atoms with Crippen molar-refractivity contribution in [1.82, 2.24) is 10.2 Å². The zero-order valence-electron chi connectivity index (χ0n) is 15.5. The number of carboxylic acid groups (broad SMARTS) is 1. The molecule has 0 aromatic heterocycles. The van der Waals surface area contributed by atoms with Crippen LogP contribution < -0.4 is 10.1 Å². The fourth-order valence-electron chi connectivity index (χ4n) is 3.39. The van der Waals surface area contributed by atoms with Crippen LogP contribution in [-0.2, 0) is 20.6 Å². The number of benzene rings is 1. The topological polar surface area (TPSA) is 95.9 Å². The van der Waals surface area contributed by atoms with Crippen LogP contribution >= 0.6 is 11.8 Å². The van der Waals surface area contributed by atoms with E-state index >= 15 is 0 Å². The highest BCUT2D eigenvalue weighted by atomic mass is 32.2. The standard InChI is InChI=1S/C18H19F3N2O5S/c1-17(2)13(16(26)27)23-14(25)12(15(23)29-17)22-11(24)7-8-28-10-5-3-9(4-6-10)18(19,20)21/h3-6,12-13,15H,7-8H2,1-2H3,(H,22,24)(H,26,27)/t12?,13?,15-/m1/s1. The molecule has 3 rings (SSSR count). The minimum absolute atomic E-state index is 0.0805. The zero-order valence-corrected chi connectivity index (χ0v) is 16.3. The van der Waals surface area contributed by atoms with Crippen molar-refractivity contribution in [3.8, 4) is 5.75 Å². The average Bonchev–Trinajstić information content (AvgIpc) is 2.87. The van der Waals surface area contributed by atoms with Gasteiger partial charge in [-0.3, -0.25) is 9.59 Å². The molecule has 3 atom stereocenters. The molecule has 0 radical (unpaired) electrons. The van der Waals surface area contributed by atoms with Crippen molar-refractivity contribution in [2.45, 2.75) is 48.6 Å². The van der Waals surface area contributed by atoms with Crippen molar-refractivity contribution in [3.05, 3.63) is 29.8 Å². The number of thioether (sulfide) groups is 1. The van der Waals surface area contributed by atoms with Crippen molar-refractivity contribution in [2.24, 2.45) is 0 Å². The maximum Gasteiger partial charge on any atom is 0.416 e. The fraction of sp³-hybridized carbons (Fsp3) is 0.500. The van der Waals surface area contributed by atoms with E-state index in [1.54, 1.807) is 13.8 Å². The first-order valence-corrected chi connectivity index (χ1v) is 9.62. The molecule has 11 heteroatoms. The third kappa shape index (κ3) is 4.14. The lowest BCUT2D eigenvalue weighted by molar-refractivity contribution is -0.161. The molecule has 1 aromatic carbocycles. The lowest BCUT2D eigenvalue weighted by Gasteiger charge is -2.43. The maximum absolute atomic E-state index is 12.5. The summed E-state index contributed by atoms with van der Waals surface area (Å²) in [7, 11) is 0. The lowest BCUT2D eigenvalue weighted by atomic mass is 9.96. The average molecular weight is 432 g/mol. The fourth-order valence-corrected chi connectivity index (χ4v) is 5.02. The Bertz CT molecular complexity index is 828. The second-order valence-electron chi connectivity index (χ2n) is 7.26. The van der Waals surface area contributed by atoms with Crippen molar-refractivity contribution in [2.75, 3.05) is 6.61 Å². The van der Waals surface area contributed by atoms with Gasteiger partial charge in [-0.05, 0) is 38.1 Å². The van der Waals surface area contributed by atoms with Crippen LogP contribution in [0.3, 0.4) is 0 Å². The molecular formula is C18H19F3N2O5S. The largest absolute Gasteiger partial charge is 0.493 e. The quantitative estimate of drug-likeness (QED) is 0.669. The number of hydrogen-bond acceptors (Lipinski definition) is 5. The molecule has 2 fully saturated rings. The summed E-state index contributed by atoms with van der Waals surface area (Å²) in [6.07, 6.45) is -4.54. The van der Waals surface area contributed by atoms with Gasteiger partial charge in [0, 0.05) is 4.75 Å². The Balaban J connectivity index is 1.49. The van der Waals surface area contributed by atoms with E-state index in [4.69, 9.17) is 4.74 Å². The van der Waals surface area contributed by atoms with Gasteiger partial charge in [0.25, 0.3) is 0 Å². The Morgan fingerprint density at radius 2 is 1.90 bits per heavy atom. The van der Waals surface area contributed by atoms with Gasteiger partial charge in [-0.25, -0.2) is 4.79 Å². The van der Waals surface area contributed by atoms with E-state index in [0.717, 1.165) is 24.3 Å². The summed E-state index contributed by atoms with van der Waals surface area (Å²) in [5.74, 6) is -1.81. The van der Waals surface area contributed by atoms with Gasteiger partial charge in [0.2, 0.25) is 11.8 Å². The lowest BCUT2D eigenvalue weighted by Crippen LogP contribution is -2.70. The smallest absolute Gasteiger partial charge is 0.416 e. The molecule has 2 N–H and O–H groups in total. The molecular weight excluding hydrogens is 413 g/mol. The Labute approximate surface area is 168 Å². The van der Waals surface area contributed by atoms with E-state index in [1.807, 2.05) is 0 Å². The first kappa shape index (κ1) is 21.3. The number of aliphatic carboxylic acids is 1. The predicted octanol–water partition coefficient (Wildman–Crippen LogP) is 2.11.